The van der Waals surface area contributed by atoms with Gasteiger partial charge in [0.25, 0.3) is 0 Å². The molecule has 1 aromatic heterocycles. The summed E-state index contributed by atoms with van der Waals surface area (Å²) in [5.41, 5.74) is 2.95. The van der Waals surface area contributed by atoms with Gasteiger partial charge in [-0.15, -0.1) is 17.0 Å². The molecule has 6 heteroatoms. The zero-order valence-corrected chi connectivity index (χ0v) is 24.2. The number of hydrogen-bond donors (Lipinski definition) is 2. The fourth-order valence-electron chi connectivity index (χ4n) is 4.91. The number of Topliss-reactive ketones (excluding diaryl/α,β-unsaturated/α-hetero) is 1. The van der Waals surface area contributed by atoms with Gasteiger partial charge in [0.05, 0.1) is 6.54 Å². The fourth-order valence-corrected chi connectivity index (χ4v) is 5.59. The molecular weight excluding hydrogens is 508 g/mol. The Morgan fingerprint density at radius 1 is 1.15 bits per heavy atom. The van der Waals surface area contributed by atoms with E-state index in [1.54, 1.807) is 11.3 Å². The van der Waals surface area contributed by atoms with Gasteiger partial charge in [-0.3, -0.25) is 10.2 Å². The van der Waals surface area contributed by atoms with E-state index in [2.05, 4.69) is 65.3 Å². The van der Waals surface area contributed by atoms with E-state index < -0.39 is 0 Å². The van der Waals surface area contributed by atoms with Crippen LogP contribution in [0.4, 0.5) is 0 Å². The van der Waals surface area contributed by atoms with E-state index in [0.29, 0.717) is 23.1 Å². The Morgan fingerprint density at radius 2 is 1.74 bits per heavy atom. The molecule has 0 spiro atoms. The zero-order valence-electron chi connectivity index (χ0n) is 21.7. The lowest BCUT2D eigenvalue weighted by Crippen LogP contribution is -2.33. The molecule has 0 saturated carbocycles. The molecule has 1 aromatic carbocycles. The SMILES string of the molecule is Br.CCCC1CN(CC(=O)c2cc(C(C)(C)C)c(O)c(C(C)(C)C)c2)C(=N)C1Cc1ccsc1. The maximum absolute atomic E-state index is 13.5. The third-order valence-corrected chi connectivity index (χ3v) is 7.53. The van der Waals surface area contributed by atoms with Gasteiger partial charge in [-0.2, -0.15) is 11.3 Å². The van der Waals surface area contributed by atoms with Crippen LogP contribution in [-0.4, -0.2) is 34.7 Å². The number of phenolic OH excluding ortho intramolecular Hbond substituents is 1. The van der Waals surface area contributed by atoms with Crippen LogP contribution in [0.2, 0.25) is 0 Å². The molecule has 2 N–H and O–H groups in total. The highest BCUT2D eigenvalue weighted by Crippen LogP contribution is 2.40. The summed E-state index contributed by atoms with van der Waals surface area (Å²) >= 11 is 1.70. The molecule has 1 saturated heterocycles. The number of likely N-dealkylation sites (tertiary alicyclic amines) is 1. The number of carbonyl (C=O) groups is 1. The number of ketones is 1. The summed E-state index contributed by atoms with van der Waals surface area (Å²) in [6.45, 7) is 15.5. The van der Waals surface area contributed by atoms with Gasteiger partial charge in [-0.25, -0.2) is 0 Å². The highest BCUT2D eigenvalue weighted by Gasteiger charge is 2.38. The molecule has 1 aliphatic heterocycles. The molecule has 1 aliphatic rings. The monoisotopic (exact) mass is 548 g/mol. The number of nitrogens with one attached hydrogen (secondary N) is 1. The summed E-state index contributed by atoms with van der Waals surface area (Å²) in [6.07, 6.45) is 3.03. The Balaban J connectivity index is 0.00000408. The Hall–Kier alpha value is -1.66. The molecule has 2 atom stereocenters. The maximum atomic E-state index is 13.5. The van der Waals surface area contributed by atoms with Crippen LogP contribution >= 0.6 is 28.3 Å². The van der Waals surface area contributed by atoms with Crippen LogP contribution in [0.15, 0.2) is 29.0 Å². The van der Waals surface area contributed by atoms with Crippen LogP contribution in [0.5, 0.6) is 5.75 Å². The van der Waals surface area contributed by atoms with Crippen LogP contribution in [0.25, 0.3) is 0 Å². The Kier molecular flexibility index (Phi) is 9.20. The highest BCUT2D eigenvalue weighted by atomic mass is 79.9. The van der Waals surface area contributed by atoms with Crippen LogP contribution < -0.4 is 0 Å². The molecule has 0 radical (unpaired) electrons. The zero-order chi connectivity index (χ0) is 24.6. The van der Waals surface area contributed by atoms with Crippen molar-refractivity contribution < 1.29 is 9.90 Å². The molecule has 0 aliphatic carbocycles. The number of benzene rings is 1. The smallest absolute Gasteiger partial charge is 0.182 e. The largest absolute Gasteiger partial charge is 0.507 e. The maximum Gasteiger partial charge on any atom is 0.182 e. The van der Waals surface area contributed by atoms with Crippen molar-refractivity contribution in [2.24, 2.45) is 11.8 Å². The van der Waals surface area contributed by atoms with Gasteiger partial charge in [-0.1, -0.05) is 54.9 Å². The van der Waals surface area contributed by atoms with Crippen molar-refractivity contribution in [2.45, 2.75) is 78.6 Å². The van der Waals surface area contributed by atoms with E-state index in [-0.39, 0.29) is 46.1 Å². The predicted molar refractivity (Wildman–Crippen MR) is 149 cm³/mol. The van der Waals surface area contributed by atoms with E-state index in [9.17, 15) is 9.90 Å². The standard InChI is InChI=1S/C28H40N2O2S.BrH/c1-8-9-19-15-30(26(29)21(19)12-18-10-11-33-17-18)16-24(31)20-13-22(27(2,3)4)25(32)23(14-20)28(5,6)7;/h10-11,13-14,17,19,21,29,32H,8-9,12,15-16H2,1-7H3;1H. The minimum absolute atomic E-state index is 0. The lowest BCUT2D eigenvalue weighted by Gasteiger charge is -2.28. The summed E-state index contributed by atoms with van der Waals surface area (Å²) in [6, 6.07) is 5.87. The number of aromatic hydroxyl groups is 1. The second kappa shape index (κ2) is 10.9. The first-order valence-electron chi connectivity index (χ1n) is 12.1. The highest BCUT2D eigenvalue weighted by molar-refractivity contribution is 8.93. The predicted octanol–water partition coefficient (Wildman–Crippen LogP) is 7.38. The second-order valence-electron chi connectivity index (χ2n) is 11.6. The molecule has 4 nitrogen and oxygen atoms in total. The third kappa shape index (κ3) is 6.31. The molecule has 2 heterocycles. The van der Waals surface area contributed by atoms with Crippen molar-refractivity contribution in [3.05, 3.63) is 51.2 Å². The quantitative estimate of drug-likeness (QED) is 0.354. The second-order valence-corrected chi connectivity index (χ2v) is 12.4. The lowest BCUT2D eigenvalue weighted by atomic mass is 9.78. The summed E-state index contributed by atoms with van der Waals surface area (Å²) in [5.74, 6) is 1.48. The molecule has 2 aromatic rings. The van der Waals surface area contributed by atoms with E-state index in [0.717, 1.165) is 36.9 Å². The van der Waals surface area contributed by atoms with Gasteiger partial charge < -0.3 is 10.0 Å². The third-order valence-electron chi connectivity index (χ3n) is 6.79. The molecular formula is C28H41BrN2O2S. The molecule has 188 valence electrons. The van der Waals surface area contributed by atoms with Crippen molar-refractivity contribution in [3.8, 4) is 5.75 Å². The summed E-state index contributed by atoms with van der Waals surface area (Å²) in [7, 11) is 0. The summed E-state index contributed by atoms with van der Waals surface area (Å²) in [4.78, 5) is 15.5. The molecule has 1 fully saturated rings. The topological polar surface area (TPSA) is 64.4 Å². The van der Waals surface area contributed by atoms with Gasteiger partial charge in [-0.05, 0) is 64.1 Å². The van der Waals surface area contributed by atoms with Crippen molar-refractivity contribution in [2.75, 3.05) is 13.1 Å². The van der Waals surface area contributed by atoms with Crippen LogP contribution in [0.1, 0.15) is 88.4 Å². The van der Waals surface area contributed by atoms with E-state index in [1.165, 1.54) is 5.56 Å². The molecule has 0 bridgehead atoms. The first-order chi connectivity index (χ1) is 15.3. The summed E-state index contributed by atoms with van der Waals surface area (Å²) in [5, 5.41) is 24.1. The number of carbonyl (C=O) groups excluding carboxylic acids is 1. The molecule has 0 amide bonds. The Morgan fingerprint density at radius 3 is 2.21 bits per heavy atom. The Bertz CT molecular complexity index is 967. The minimum atomic E-state index is -0.279. The number of thiophene rings is 1. The Labute approximate surface area is 220 Å². The van der Waals surface area contributed by atoms with E-state index in [4.69, 9.17) is 5.41 Å². The number of hydrogen-bond acceptors (Lipinski definition) is 4. The fraction of sp³-hybridized carbons (Fsp3) is 0.571. The van der Waals surface area contributed by atoms with Gasteiger partial charge in [0.2, 0.25) is 0 Å². The average Bonchev–Trinajstić information content (AvgIpc) is 3.31. The number of halogens is 1. The lowest BCUT2D eigenvalue weighted by molar-refractivity contribution is 0.0963. The number of nitrogens with zero attached hydrogens (tertiary/aromatic N) is 1. The molecule has 34 heavy (non-hydrogen) atoms. The van der Waals surface area contributed by atoms with E-state index >= 15 is 0 Å². The van der Waals surface area contributed by atoms with Gasteiger partial charge in [0.15, 0.2) is 5.78 Å². The van der Waals surface area contributed by atoms with Crippen molar-refractivity contribution in [3.63, 3.8) is 0 Å². The van der Waals surface area contributed by atoms with Crippen molar-refractivity contribution >= 4 is 39.9 Å². The number of rotatable bonds is 7. The first kappa shape index (κ1) is 28.6. The van der Waals surface area contributed by atoms with Crippen molar-refractivity contribution in [1.29, 1.82) is 5.41 Å². The van der Waals surface area contributed by atoms with Crippen molar-refractivity contribution in [1.82, 2.24) is 4.90 Å². The normalized spacial score (nSPS) is 18.8. The molecule has 3 rings (SSSR count). The number of amidine groups is 1. The minimum Gasteiger partial charge on any atom is -0.507 e. The van der Waals surface area contributed by atoms with Gasteiger partial charge >= 0.3 is 0 Å². The van der Waals surface area contributed by atoms with Gasteiger partial charge in [0, 0.05) is 29.2 Å². The average molecular weight is 550 g/mol. The van der Waals surface area contributed by atoms with Crippen LogP contribution in [0.3, 0.4) is 0 Å². The van der Waals surface area contributed by atoms with E-state index in [1.807, 2.05) is 17.0 Å². The van der Waals surface area contributed by atoms with Crippen LogP contribution in [-0.2, 0) is 17.3 Å². The molecule has 2 unspecified atom stereocenters. The van der Waals surface area contributed by atoms with Crippen LogP contribution in [0, 0.1) is 17.2 Å². The summed E-state index contributed by atoms with van der Waals surface area (Å²) < 4.78 is 0. The van der Waals surface area contributed by atoms with Gasteiger partial charge in [0.1, 0.15) is 11.6 Å². The first-order valence-corrected chi connectivity index (χ1v) is 13.0. The number of phenols is 1.